The van der Waals surface area contributed by atoms with Crippen LogP contribution in [0.15, 0.2) is 0 Å². The second kappa shape index (κ2) is 5.66. The molecule has 0 aromatic carbocycles. The number of hydrogen-bond donors (Lipinski definition) is 1. The Kier molecular flexibility index (Phi) is 4.11. The van der Waals surface area contributed by atoms with E-state index in [1.54, 1.807) is 0 Å². The van der Waals surface area contributed by atoms with E-state index in [0.717, 1.165) is 25.6 Å². The molecule has 0 aromatic heterocycles. The molecule has 3 rings (SSSR count). The molecule has 0 aromatic rings. The van der Waals surface area contributed by atoms with Crippen LogP contribution in [0.1, 0.15) is 57.8 Å². The smallest absolute Gasteiger partial charge is 0.0740 e. The normalized spacial score (nSPS) is 29.4. The zero-order valence-electron chi connectivity index (χ0n) is 11.8. The van der Waals surface area contributed by atoms with Crippen LogP contribution in [0, 0.1) is 0 Å². The molecule has 1 spiro atoms. The molecule has 0 amide bonds. The van der Waals surface area contributed by atoms with Crippen molar-refractivity contribution in [1.29, 1.82) is 0 Å². The first kappa shape index (κ1) is 13.8. The lowest BCUT2D eigenvalue weighted by molar-refractivity contribution is -0.0478. The van der Waals surface area contributed by atoms with E-state index >= 15 is 0 Å². The third-order valence-corrected chi connectivity index (χ3v) is 5.20. The molecule has 1 aliphatic heterocycles. The van der Waals surface area contributed by atoms with E-state index in [2.05, 4.69) is 4.90 Å². The van der Waals surface area contributed by atoms with Gasteiger partial charge < -0.3 is 10.5 Å². The number of nitrogens with zero attached hydrogens (tertiary/aromatic N) is 1. The summed E-state index contributed by atoms with van der Waals surface area (Å²) in [6.07, 6.45) is 11.8. The Balaban J connectivity index is 1.50. The topological polar surface area (TPSA) is 38.5 Å². The van der Waals surface area contributed by atoms with Gasteiger partial charge in [-0.2, -0.15) is 0 Å². The van der Waals surface area contributed by atoms with Crippen LogP contribution in [-0.2, 0) is 4.74 Å². The van der Waals surface area contributed by atoms with Crippen LogP contribution < -0.4 is 5.73 Å². The van der Waals surface area contributed by atoms with Crippen LogP contribution in [0.2, 0.25) is 0 Å². The molecule has 108 valence electrons. The minimum Gasteiger partial charge on any atom is -0.393 e. The van der Waals surface area contributed by atoms with Crippen LogP contribution in [0.4, 0.5) is 0 Å². The van der Waals surface area contributed by atoms with E-state index in [0.29, 0.717) is 11.1 Å². The van der Waals surface area contributed by atoms with Gasteiger partial charge in [-0.25, -0.2) is 0 Å². The number of thiocarbonyl (C=S) groups is 1. The van der Waals surface area contributed by atoms with Gasteiger partial charge in [0.1, 0.15) is 0 Å². The molecule has 1 atom stereocenters. The summed E-state index contributed by atoms with van der Waals surface area (Å²) in [7, 11) is 0. The number of nitrogens with two attached hydrogens (primary N) is 1. The first-order chi connectivity index (χ1) is 9.17. The molecule has 1 saturated heterocycles. The minimum absolute atomic E-state index is 0.267. The molecule has 3 fully saturated rings. The first-order valence-corrected chi connectivity index (χ1v) is 8.28. The lowest BCUT2D eigenvalue weighted by Crippen LogP contribution is -2.37. The fraction of sp³-hybridized carbons (Fsp3) is 0.933. The summed E-state index contributed by atoms with van der Waals surface area (Å²) >= 11 is 5.01. The van der Waals surface area contributed by atoms with Crippen LogP contribution in [0.25, 0.3) is 0 Å². The molecule has 0 radical (unpaired) electrons. The van der Waals surface area contributed by atoms with Gasteiger partial charge in [-0.3, -0.25) is 4.90 Å². The summed E-state index contributed by atoms with van der Waals surface area (Å²) < 4.78 is 6.42. The third kappa shape index (κ3) is 3.47. The Morgan fingerprint density at radius 3 is 2.58 bits per heavy atom. The van der Waals surface area contributed by atoms with Gasteiger partial charge in [-0.05, 0) is 38.5 Å². The second-order valence-electron chi connectivity index (χ2n) is 6.61. The average molecular weight is 282 g/mol. The largest absolute Gasteiger partial charge is 0.393 e. The Morgan fingerprint density at radius 1 is 1.21 bits per heavy atom. The Morgan fingerprint density at radius 2 is 1.95 bits per heavy atom. The van der Waals surface area contributed by atoms with E-state index in [1.807, 2.05) is 0 Å². The standard InChI is InChI=1S/C15H26N2OS/c16-14(19)6-10-17(12-3-4-12)11-13-5-9-15(18-13)7-1-2-8-15/h12-13H,1-11H2,(H2,16,19). The maximum Gasteiger partial charge on any atom is 0.0740 e. The Labute approximate surface area is 121 Å². The average Bonchev–Trinajstić information content (AvgIpc) is 3.01. The third-order valence-electron chi connectivity index (χ3n) is 5.00. The lowest BCUT2D eigenvalue weighted by atomic mass is 9.98. The zero-order chi connectivity index (χ0) is 13.3. The summed E-state index contributed by atoms with van der Waals surface area (Å²) in [5.74, 6) is 0. The van der Waals surface area contributed by atoms with Crippen molar-refractivity contribution in [2.75, 3.05) is 13.1 Å². The second-order valence-corrected chi connectivity index (χ2v) is 7.14. The number of ether oxygens (including phenoxy) is 1. The Bertz CT molecular complexity index is 337. The number of hydrogen-bond acceptors (Lipinski definition) is 3. The van der Waals surface area contributed by atoms with Crippen molar-refractivity contribution in [2.24, 2.45) is 5.73 Å². The van der Waals surface area contributed by atoms with Crippen molar-refractivity contribution in [3.8, 4) is 0 Å². The monoisotopic (exact) mass is 282 g/mol. The van der Waals surface area contributed by atoms with Crippen LogP contribution in [-0.4, -0.2) is 40.7 Å². The summed E-state index contributed by atoms with van der Waals surface area (Å²) in [5, 5.41) is 0. The summed E-state index contributed by atoms with van der Waals surface area (Å²) in [6, 6.07) is 0.776. The fourth-order valence-corrected chi connectivity index (χ4v) is 3.88. The predicted molar refractivity (Wildman–Crippen MR) is 81.3 cm³/mol. The highest BCUT2D eigenvalue weighted by Gasteiger charge is 2.43. The van der Waals surface area contributed by atoms with Crippen molar-refractivity contribution in [2.45, 2.75) is 75.5 Å². The van der Waals surface area contributed by atoms with E-state index in [4.69, 9.17) is 22.7 Å². The summed E-state index contributed by atoms with van der Waals surface area (Å²) in [6.45, 7) is 2.11. The quantitative estimate of drug-likeness (QED) is 0.760. The molecule has 0 bridgehead atoms. The van der Waals surface area contributed by atoms with Gasteiger partial charge in [0.25, 0.3) is 0 Å². The van der Waals surface area contributed by atoms with Crippen LogP contribution in [0.3, 0.4) is 0 Å². The van der Waals surface area contributed by atoms with Gasteiger partial charge in [0.2, 0.25) is 0 Å². The van der Waals surface area contributed by atoms with E-state index in [9.17, 15) is 0 Å². The van der Waals surface area contributed by atoms with Crippen molar-refractivity contribution >= 4 is 17.2 Å². The van der Waals surface area contributed by atoms with Gasteiger partial charge in [0.15, 0.2) is 0 Å². The Hall–Kier alpha value is -0.190. The van der Waals surface area contributed by atoms with E-state index < -0.39 is 0 Å². The van der Waals surface area contributed by atoms with Gasteiger partial charge in [-0.15, -0.1) is 0 Å². The molecule has 4 heteroatoms. The first-order valence-electron chi connectivity index (χ1n) is 7.87. The van der Waals surface area contributed by atoms with Crippen molar-refractivity contribution < 1.29 is 4.74 Å². The maximum absolute atomic E-state index is 6.42. The maximum atomic E-state index is 6.42. The van der Waals surface area contributed by atoms with E-state index in [1.165, 1.54) is 51.4 Å². The van der Waals surface area contributed by atoms with Crippen molar-refractivity contribution in [3.05, 3.63) is 0 Å². The lowest BCUT2D eigenvalue weighted by Gasteiger charge is -2.28. The number of rotatable bonds is 6. The van der Waals surface area contributed by atoms with Gasteiger partial charge >= 0.3 is 0 Å². The molecule has 1 unspecified atom stereocenters. The summed E-state index contributed by atoms with van der Waals surface area (Å²) in [4.78, 5) is 3.21. The molecule has 3 aliphatic rings. The van der Waals surface area contributed by atoms with E-state index in [-0.39, 0.29) is 5.60 Å². The van der Waals surface area contributed by atoms with Gasteiger partial charge in [-0.1, -0.05) is 25.1 Å². The van der Waals surface area contributed by atoms with Crippen molar-refractivity contribution in [3.63, 3.8) is 0 Å². The van der Waals surface area contributed by atoms with Gasteiger partial charge in [0, 0.05) is 25.6 Å². The fourth-order valence-electron chi connectivity index (χ4n) is 3.79. The molecule has 2 aliphatic carbocycles. The van der Waals surface area contributed by atoms with Crippen LogP contribution >= 0.6 is 12.2 Å². The molecule has 3 nitrogen and oxygen atoms in total. The zero-order valence-corrected chi connectivity index (χ0v) is 12.6. The van der Waals surface area contributed by atoms with Crippen molar-refractivity contribution in [1.82, 2.24) is 4.90 Å². The molecular weight excluding hydrogens is 256 g/mol. The molecule has 19 heavy (non-hydrogen) atoms. The van der Waals surface area contributed by atoms with Gasteiger partial charge in [0.05, 0.1) is 16.7 Å². The predicted octanol–water partition coefficient (Wildman–Crippen LogP) is 2.62. The minimum atomic E-state index is 0.267. The van der Waals surface area contributed by atoms with Crippen LogP contribution in [0.5, 0.6) is 0 Å². The highest BCUT2D eigenvalue weighted by molar-refractivity contribution is 7.80. The molecule has 2 saturated carbocycles. The highest BCUT2D eigenvalue weighted by atomic mass is 32.1. The molecular formula is C15H26N2OS. The molecule has 1 heterocycles. The molecule has 2 N–H and O–H groups in total. The summed E-state index contributed by atoms with van der Waals surface area (Å²) in [5.41, 5.74) is 5.90. The SMILES string of the molecule is NC(=S)CCN(CC1CCC2(CCCC2)O1)C1CC1. The highest BCUT2D eigenvalue weighted by Crippen LogP contribution is 2.43.